The maximum atomic E-state index is 11.6. The van der Waals surface area contributed by atoms with E-state index in [1.165, 1.54) is 0 Å². The monoisotopic (exact) mass is 258 g/mol. The molecule has 1 amide bonds. The van der Waals surface area contributed by atoms with Crippen LogP contribution in [0, 0.1) is 11.8 Å². The first-order chi connectivity index (χ1) is 8.54. The van der Waals surface area contributed by atoms with E-state index in [1.807, 2.05) is 11.8 Å². The summed E-state index contributed by atoms with van der Waals surface area (Å²) in [6.45, 7) is 4.54. The van der Waals surface area contributed by atoms with E-state index >= 15 is 0 Å². The van der Waals surface area contributed by atoms with Gasteiger partial charge in [0.25, 0.3) is 0 Å². The van der Waals surface area contributed by atoms with Crippen molar-refractivity contribution in [2.75, 3.05) is 39.9 Å². The first kappa shape index (κ1) is 14.9. The first-order valence-corrected chi connectivity index (χ1v) is 6.25. The fourth-order valence-corrected chi connectivity index (χ4v) is 2.22. The third kappa shape index (κ3) is 4.62. The van der Waals surface area contributed by atoms with Crippen molar-refractivity contribution in [1.82, 2.24) is 10.2 Å². The van der Waals surface area contributed by atoms with Crippen molar-refractivity contribution >= 4 is 11.9 Å². The number of carbonyl (C=O) groups is 2. The first-order valence-electron chi connectivity index (χ1n) is 6.25. The summed E-state index contributed by atoms with van der Waals surface area (Å²) in [6.07, 6.45) is 0.788. The van der Waals surface area contributed by atoms with Gasteiger partial charge in [-0.2, -0.15) is 0 Å². The summed E-state index contributed by atoms with van der Waals surface area (Å²) < 4.78 is 4.88. The van der Waals surface area contributed by atoms with E-state index in [9.17, 15) is 9.59 Å². The number of methoxy groups -OCH3 is 1. The van der Waals surface area contributed by atoms with Gasteiger partial charge in [0.15, 0.2) is 0 Å². The highest BCUT2D eigenvalue weighted by molar-refractivity contribution is 5.78. The molecule has 1 aliphatic rings. The lowest BCUT2D eigenvalue weighted by atomic mass is 9.99. The molecule has 1 aliphatic heterocycles. The minimum absolute atomic E-state index is 0.0515. The smallest absolute Gasteiger partial charge is 0.308 e. The van der Waals surface area contributed by atoms with Gasteiger partial charge < -0.3 is 15.2 Å². The standard InChI is InChI=1S/C12H22N2O4/c1-9-6-14(7-10(9)12(16)17)8-11(15)13-4-3-5-18-2/h9-10H,3-8H2,1-2H3,(H,13,15)(H,16,17). The van der Waals surface area contributed by atoms with Gasteiger partial charge in [-0.3, -0.25) is 14.5 Å². The molecule has 0 bridgehead atoms. The predicted octanol–water partition coefficient (Wildman–Crippen LogP) is -0.208. The van der Waals surface area contributed by atoms with E-state index in [0.717, 1.165) is 6.42 Å². The second-order valence-corrected chi connectivity index (χ2v) is 4.81. The molecular formula is C12H22N2O4. The van der Waals surface area contributed by atoms with E-state index in [2.05, 4.69) is 5.32 Å². The highest BCUT2D eigenvalue weighted by Crippen LogP contribution is 2.22. The Balaban J connectivity index is 2.23. The van der Waals surface area contributed by atoms with Crippen LogP contribution in [0.25, 0.3) is 0 Å². The molecule has 1 heterocycles. The number of carbonyl (C=O) groups excluding carboxylic acids is 1. The van der Waals surface area contributed by atoms with Gasteiger partial charge in [-0.1, -0.05) is 6.92 Å². The van der Waals surface area contributed by atoms with E-state index in [-0.39, 0.29) is 24.3 Å². The zero-order chi connectivity index (χ0) is 13.5. The molecule has 1 fully saturated rings. The molecule has 0 spiro atoms. The number of rotatable bonds is 7. The zero-order valence-electron chi connectivity index (χ0n) is 11.0. The van der Waals surface area contributed by atoms with Crippen molar-refractivity contribution < 1.29 is 19.4 Å². The van der Waals surface area contributed by atoms with Crippen molar-refractivity contribution in [2.45, 2.75) is 13.3 Å². The average molecular weight is 258 g/mol. The van der Waals surface area contributed by atoms with Gasteiger partial charge in [-0.05, 0) is 12.3 Å². The Morgan fingerprint density at radius 3 is 2.72 bits per heavy atom. The predicted molar refractivity (Wildman–Crippen MR) is 66.2 cm³/mol. The third-order valence-corrected chi connectivity index (χ3v) is 3.22. The molecule has 6 nitrogen and oxygen atoms in total. The SMILES string of the molecule is COCCCNC(=O)CN1CC(C)C(C(=O)O)C1. The normalized spacial score (nSPS) is 24.1. The van der Waals surface area contributed by atoms with Gasteiger partial charge >= 0.3 is 5.97 Å². The second kappa shape index (κ2) is 7.33. The number of likely N-dealkylation sites (tertiary alicyclic amines) is 1. The van der Waals surface area contributed by atoms with Gasteiger partial charge in [-0.15, -0.1) is 0 Å². The number of nitrogens with one attached hydrogen (secondary N) is 1. The third-order valence-electron chi connectivity index (χ3n) is 3.22. The Morgan fingerprint density at radius 1 is 1.44 bits per heavy atom. The molecule has 18 heavy (non-hydrogen) atoms. The minimum atomic E-state index is -0.773. The van der Waals surface area contributed by atoms with Crippen LogP contribution in [0.2, 0.25) is 0 Å². The van der Waals surface area contributed by atoms with Crippen LogP contribution in [0.15, 0.2) is 0 Å². The number of aliphatic carboxylic acids is 1. The molecule has 0 saturated carbocycles. The van der Waals surface area contributed by atoms with Gasteiger partial charge in [0, 0.05) is 33.4 Å². The molecule has 6 heteroatoms. The summed E-state index contributed by atoms with van der Waals surface area (Å²) in [5.74, 6) is -1.08. The quantitative estimate of drug-likeness (QED) is 0.618. The molecular weight excluding hydrogens is 236 g/mol. The highest BCUT2D eigenvalue weighted by atomic mass is 16.5. The summed E-state index contributed by atoms with van der Waals surface area (Å²) in [5, 5.41) is 11.8. The van der Waals surface area contributed by atoms with Gasteiger partial charge in [0.1, 0.15) is 0 Å². The van der Waals surface area contributed by atoms with E-state index in [4.69, 9.17) is 9.84 Å². The van der Waals surface area contributed by atoms with Crippen LogP contribution < -0.4 is 5.32 Å². The largest absolute Gasteiger partial charge is 0.481 e. The average Bonchev–Trinajstić information content (AvgIpc) is 2.66. The number of hydrogen-bond donors (Lipinski definition) is 2. The molecule has 0 aromatic carbocycles. The molecule has 0 aromatic rings. The summed E-state index contributed by atoms with van der Waals surface area (Å²) in [5.41, 5.74) is 0. The van der Waals surface area contributed by atoms with Crippen molar-refractivity contribution in [2.24, 2.45) is 11.8 Å². The number of carboxylic acid groups (broad SMARTS) is 1. The topological polar surface area (TPSA) is 78.9 Å². The minimum Gasteiger partial charge on any atom is -0.481 e. The molecule has 2 unspecified atom stereocenters. The Kier molecular flexibility index (Phi) is 6.07. The van der Waals surface area contributed by atoms with E-state index in [0.29, 0.717) is 26.2 Å². The molecule has 0 aliphatic carbocycles. The fourth-order valence-electron chi connectivity index (χ4n) is 2.22. The number of ether oxygens (including phenoxy) is 1. The molecule has 1 rings (SSSR count). The van der Waals surface area contributed by atoms with Crippen LogP contribution in [0.3, 0.4) is 0 Å². The Bertz CT molecular complexity index is 296. The number of carboxylic acids is 1. The van der Waals surface area contributed by atoms with Crippen LogP contribution in [0.5, 0.6) is 0 Å². The van der Waals surface area contributed by atoms with Crippen molar-refractivity contribution in [3.63, 3.8) is 0 Å². The zero-order valence-corrected chi connectivity index (χ0v) is 11.0. The molecule has 2 atom stereocenters. The summed E-state index contributed by atoms with van der Waals surface area (Å²) in [6, 6.07) is 0. The maximum Gasteiger partial charge on any atom is 0.308 e. The lowest BCUT2D eigenvalue weighted by molar-refractivity contribution is -0.142. The van der Waals surface area contributed by atoms with Crippen LogP contribution in [0.1, 0.15) is 13.3 Å². The Hall–Kier alpha value is -1.14. The van der Waals surface area contributed by atoms with E-state index in [1.54, 1.807) is 7.11 Å². The second-order valence-electron chi connectivity index (χ2n) is 4.81. The lowest BCUT2D eigenvalue weighted by Gasteiger charge is -2.14. The highest BCUT2D eigenvalue weighted by Gasteiger charge is 2.35. The lowest BCUT2D eigenvalue weighted by Crippen LogP contribution is -2.37. The number of hydrogen-bond acceptors (Lipinski definition) is 4. The molecule has 0 aromatic heterocycles. The van der Waals surface area contributed by atoms with Gasteiger partial charge in [0.05, 0.1) is 12.5 Å². The summed E-state index contributed by atoms with van der Waals surface area (Å²) in [4.78, 5) is 24.4. The molecule has 1 saturated heterocycles. The Morgan fingerprint density at radius 2 is 2.17 bits per heavy atom. The van der Waals surface area contributed by atoms with E-state index < -0.39 is 5.97 Å². The molecule has 104 valence electrons. The maximum absolute atomic E-state index is 11.6. The van der Waals surface area contributed by atoms with Crippen molar-refractivity contribution in [3.05, 3.63) is 0 Å². The number of nitrogens with zero attached hydrogens (tertiary/aromatic N) is 1. The molecule has 2 N–H and O–H groups in total. The number of amides is 1. The Labute approximate surface area is 107 Å². The molecule has 0 radical (unpaired) electrons. The van der Waals surface area contributed by atoms with Crippen molar-refractivity contribution in [3.8, 4) is 0 Å². The van der Waals surface area contributed by atoms with Crippen LogP contribution in [0.4, 0.5) is 0 Å². The fraction of sp³-hybridized carbons (Fsp3) is 0.833. The van der Waals surface area contributed by atoms with Crippen LogP contribution in [-0.4, -0.2) is 61.8 Å². The van der Waals surface area contributed by atoms with Crippen LogP contribution >= 0.6 is 0 Å². The van der Waals surface area contributed by atoms with Crippen LogP contribution in [-0.2, 0) is 14.3 Å². The summed E-state index contributed by atoms with van der Waals surface area (Å²) >= 11 is 0. The van der Waals surface area contributed by atoms with Crippen molar-refractivity contribution in [1.29, 1.82) is 0 Å². The van der Waals surface area contributed by atoms with Gasteiger partial charge in [-0.25, -0.2) is 0 Å². The summed E-state index contributed by atoms with van der Waals surface area (Å²) in [7, 11) is 1.62. The van der Waals surface area contributed by atoms with Gasteiger partial charge in [0.2, 0.25) is 5.91 Å².